The van der Waals surface area contributed by atoms with Crippen molar-refractivity contribution in [3.8, 4) is 0 Å². The van der Waals surface area contributed by atoms with E-state index in [0.29, 0.717) is 0 Å². The van der Waals surface area contributed by atoms with Gasteiger partial charge >= 0.3 is 0 Å². The molecular weight excluding hydrogens is 211 g/mol. The first-order valence-electron chi connectivity index (χ1n) is 2.89. The second-order valence-corrected chi connectivity index (χ2v) is 5.07. The SMILES string of the molecule is COP(Br)c1ccccc1. The molecule has 1 aromatic carbocycles. The molecule has 54 valence electrons. The summed E-state index contributed by atoms with van der Waals surface area (Å²) in [5.74, 6) is 0. The Bertz CT molecular complexity index is 190. The van der Waals surface area contributed by atoms with Gasteiger partial charge in [0.15, 0.2) is 0 Å². The molecular formula is C7H8BrOP. The Morgan fingerprint density at radius 3 is 2.40 bits per heavy atom. The molecule has 0 aliphatic heterocycles. The van der Waals surface area contributed by atoms with Gasteiger partial charge < -0.3 is 4.52 Å². The Hall–Kier alpha value is 0.0900. The highest BCUT2D eigenvalue weighted by atomic mass is 79.9. The standard InChI is InChI=1S/C7H8BrOP/c1-9-10(8)7-5-3-2-4-6-7/h2-6H,1H3. The largest absolute Gasteiger partial charge is 0.346 e. The van der Waals surface area contributed by atoms with Crippen LogP contribution in [0.1, 0.15) is 0 Å². The van der Waals surface area contributed by atoms with Crippen molar-refractivity contribution < 1.29 is 4.52 Å². The quantitative estimate of drug-likeness (QED) is 0.694. The van der Waals surface area contributed by atoms with E-state index >= 15 is 0 Å². The number of hydrogen-bond acceptors (Lipinski definition) is 1. The predicted octanol–water partition coefficient (Wildman–Crippen LogP) is 2.67. The molecule has 0 aliphatic carbocycles. The number of rotatable bonds is 2. The molecule has 3 heteroatoms. The number of halogens is 1. The van der Waals surface area contributed by atoms with Gasteiger partial charge in [-0.25, -0.2) is 0 Å². The van der Waals surface area contributed by atoms with Gasteiger partial charge in [0.2, 0.25) is 0 Å². The van der Waals surface area contributed by atoms with Gasteiger partial charge in [-0.1, -0.05) is 30.3 Å². The summed E-state index contributed by atoms with van der Waals surface area (Å²) in [6.07, 6.45) is 0. The van der Waals surface area contributed by atoms with Crippen LogP contribution in [0.4, 0.5) is 0 Å². The number of hydrogen-bond donors (Lipinski definition) is 0. The minimum atomic E-state index is -0.561. The molecule has 0 N–H and O–H groups in total. The Morgan fingerprint density at radius 2 is 1.90 bits per heavy atom. The molecule has 0 heterocycles. The molecule has 0 amide bonds. The zero-order valence-electron chi connectivity index (χ0n) is 5.62. The van der Waals surface area contributed by atoms with Crippen LogP contribution in [0.5, 0.6) is 0 Å². The first-order valence-corrected chi connectivity index (χ1v) is 6.17. The summed E-state index contributed by atoms with van der Waals surface area (Å²) in [5, 5.41) is 1.21. The lowest BCUT2D eigenvalue weighted by molar-refractivity contribution is 0.479. The molecule has 1 atom stereocenters. The molecule has 10 heavy (non-hydrogen) atoms. The Kier molecular flexibility index (Phi) is 3.33. The van der Waals surface area contributed by atoms with Crippen LogP contribution in [-0.2, 0) is 4.52 Å². The van der Waals surface area contributed by atoms with Crippen LogP contribution in [0.3, 0.4) is 0 Å². The molecule has 0 bridgehead atoms. The van der Waals surface area contributed by atoms with E-state index in [-0.39, 0.29) is 0 Å². The normalized spacial score (nSPS) is 13.0. The maximum absolute atomic E-state index is 5.12. The van der Waals surface area contributed by atoms with Crippen LogP contribution in [-0.4, -0.2) is 7.11 Å². The van der Waals surface area contributed by atoms with Crippen molar-refractivity contribution in [1.82, 2.24) is 0 Å². The van der Waals surface area contributed by atoms with Gasteiger partial charge in [-0.2, -0.15) is 0 Å². The van der Waals surface area contributed by atoms with Crippen molar-refractivity contribution in [2.24, 2.45) is 0 Å². The van der Waals surface area contributed by atoms with Gasteiger partial charge in [-0.3, -0.25) is 0 Å². The molecule has 0 saturated heterocycles. The minimum absolute atomic E-state index is 0.561. The summed E-state index contributed by atoms with van der Waals surface area (Å²) in [5.41, 5.74) is 0. The van der Waals surface area contributed by atoms with Gasteiger partial charge in [0, 0.05) is 12.4 Å². The van der Waals surface area contributed by atoms with Crippen molar-refractivity contribution in [2.75, 3.05) is 7.11 Å². The average molecular weight is 219 g/mol. The summed E-state index contributed by atoms with van der Waals surface area (Å²) in [6, 6.07) is 10.1. The molecule has 0 aliphatic rings. The Morgan fingerprint density at radius 1 is 1.30 bits per heavy atom. The van der Waals surface area contributed by atoms with Crippen LogP contribution in [0, 0.1) is 0 Å². The maximum atomic E-state index is 5.12. The molecule has 0 aromatic heterocycles. The third-order valence-electron chi connectivity index (χ3n) is 1.12. The van der Waals surface area contributed by atoms with E-state index in [4.69, 9.17) is 4.52 Å². The summed E-state index contributed by atoms with van der Waals surface area (Å²) in [7, 11) is 1.70. The van der Waals surface area contributed by atoms with Crippen LogP contribution in [0.15, 0.2) is 30.3 Å². The zero-order chi connectivity index (χ0) is 7.40. The summed E-state index contributed by atoms with van der Waals surface area (Å²) in [4.78, 5) is 0. The predicted molar refractivity (Wildman–Crippen MR) is 48.9 cm³/mol. The number of benzene rings is 1. The highest BCUT2D eigenvalue weighted by molar-refractivity contribution is 9.39. The first-order chi connectivity index (χ1) is 4.84. The Labute approximate surface area is 70.0 Å². The lowest BCUT2D eigenvalue weighted by Gasteiger charge is -2.04. The molecule has 1 nitrogen and oxygen atoms in total. The fraction of sp³-hybridized carbons (Fsp3) is 0.143. The molecule has 0 spiro atoms. The zero-order valence-corrected chi connectivity index (χ0v) is 8.10. The molecule has 1 rings (SSSR count). The van der Waals surface area contributed by atoms with Gasteiger partial charge in [0.05, 0.1) is 0 Å². The highest BCUT2D eigenvalue weighted by Crippen LogP contribution is 2.42. The maximum Gasteiger partial charge on any atom is 0.130 e. The molecule has 1 unspecified atom stereocenters. The van der Waals surface area contributed by atoms with Gasteiger partial charge in [0.1, 0.15) is 6.85 Å². The fourth-order valence-corrected chi connectivity index (χ4v) is 1.98. The van der Waals surface area contributed by atoms with Crippen molar-refractivity contribution >= 4 is 27.6 Å². The average Bonchev–Trinajstić information content (AvgIpc) is 2.05. The van der Waals surface area contributed by atoms with Crippen molar-refractivity contribution in [3.05, 3.63) is 30.3 Å². The molecule has 1 aromatic rings. The molecule has 0 radical (unpaired) electrons. The molecule has 0 fully saturated rings. The van der Waals surface area contributed by atoms with E-state index in [1.54, 1.807) is 7.11 Å². The molecule has 0 saturated carbocycles. The van der Waals surface area contributed by atoms with Gasteiger partial charge in [0.25, 0.3) is 0 Å². The summed E-state index contributed by atoms with van der Waals surface area (Å²) in [6.45, 7) is -0.561. The van der Waals surface area contributed by atoms with Crippen LogP contribution in [0.25, 0.3) is 0 Å². The van der Waals surface area contributed by atoms with E-state index in [0.717, 1.165) is 0 Å². The Balaban J connectivity index is 2.75. The van der Waals surface area contributed by atoms with Crippen molar-refractivity contribution in [3.63, 3.8) is 0 Å². The van der Waals surface area contributed by atoms with E-state index in [1.165, 1.54) is 5.30 Å². The van der Waals surface area contributed by atoms with E-state index in [1.807, 2.05) is 30.3 Å². The van der Waals surface area contributed by atoms with Crippen LogP contribution >= 0.6 is 22.3 Å². The third-order valence-corrected chi connectivity index (χ3v) is 4.24. The van der Waals surface area contributed by atoms with E-state index in [9.17, 15) is 0 Å². The smallest absolute Gasteiger partial charge is 0.130 e. The monoisotopic (exact) mass is 218 g/mol. The lowest BCUT2D eigenvalue weighted by atomic mass is 10.4. The van der Waals surface area contributed by atoms with Crippen LogP contribution < -0.4 is 5.30 Å². The van der Waals surface area contributed by atoms with Gasteiger partial charge in [-0.15, -0.1) is 0 Å². The minimum Gasteiger partial charge on any atom is -0.346 e. The topological polar surface area (TPSA) is 9.23 Å². The van der Waals surface area contributed by atoms with Crippen molar-refractivity contribution in [1.29, 1.82) is 0 Å². The highest BCUT2D eigenvalue weighted by Gasteiger charge is 2.02. The van der Waals surface area contributed by atoms with Crippen LogP contribution in [0.2, 0.25) is 0 Å². The summed E-state index contributed by atoms with van der Waals surface area (Å²) < 4.78 is 5.12. The second kappa shape index (κ2) is 4.07. The van der Waals surface area contributed by atoms with E-state index < -0.39 is 6.85 Å². The second-order valence-electron chi connectivity index (χ2n) is 1.76. The third kappa shape index (κ3) is 2.05. The fourth-order valence-electron chi connectivity index (χ4n) is 0.651. The summed E-state index contributed by atoms with van der Waals surface area (Å²) >= 11 is 3.43. The van der Waals surface area contributed by atoms with E-state index in [2.05, 4.69) is 15.5 Å². The van der Waals surface area contributed by atoms with Crippen molar-refractivity contribution in [2.45, 2.75) is 0 Å². The van der Waals surface area contributed by atoms with Gasteiger partial charge in [-0.05, 0) is 15.5 Å². The lowest BCUT2D eigenvalue weighted by Crippen LogP contribution is -1.95. The first kappa shape index (κ1) is 8.19.